The molecule has 0 saturated carbocycles. The number of hydrogen-bond donors (Lipinski definition) is 2. The van der Waals surface area contributed by atoms with Crippen molar-refractivity contribution in [3.05, 3.63) is 27.7 Å². The third-order valence-electron chi connectivity index (χ3n) is 1.71. The summed E-state index contributed by atoms with van der Waals surface area (Å²) in [4.78, 5) is 0. The zero-order chi connectivity index (χ0) is 10.9. The molecule has 0 bridgehead atoms. The van der Waals surface area contributed by atoms with Crippen molar-refractivity contribution in [2.24, 2.45) is 0 Å². The first-order valence-corrected chi connectivity index (χ1v) is 4.41. The summed E-state index contributed by atoms with van der Waals surface area (Å²) in [5.41, 5.74) is 3.95. The standard InChI is InChI=1S/C8H7BrF3NO/c9-5-1-4(3-14)7(13)6(2-5)8(10,11)12/h1-2,14H,3,13H2. The highest BCUT2D eigenvalue weighted by Gasteiger charge is 2.34. The molecule has 0 aromatic heterocycles. The topological polar surface area (TPSA) is 46.2 Å². The SMILES string of the molecule is Nc1c(CO)cc(Br)cc1C(F)(F)F. The van der Waals surface area contributed by atoms with Gasteiger partial charge in [-0.2, -0.15) is 13.2 Å². The Balaban J connectivity index is 3.37. The van der Waals surface area contributed by atoms with E-state index in [9.17, 15) is 13.2 Å². The highest BCUT2D eigenvalue weighted by Crippen LogP contribution is 2.37. The van der Waals surface area contributed by atoms with Crippen LogP contribution in [0.15, 0.2) is 16.6 Å². The van der Waals surface area contributed by atoms with Gasteiger partial charge >= 0.3 is 6.18 Å². The minimum Gasteiger partial charge on any atom is -0.398 e. The number of nitrogens with two attached hydrogens (primary N) is 1. The average Bonchev–Trinajstić information content (AvgIpc) is 2.06. The summed E-state index contributed by atoms with van der Waals surface area (Å²) in [7, 11) is 0. The van der Waals surface area contributed by atoms with Crippen LogP contribution in [0.4, 0.5) is 18.9 Å². The van der Waals surface area contributed by atoms with E-state index in [1.165, 1.54) is 6.07 Å². The zero-order valence-electron chi connectivity index (χ0n) is 6.90. The number of hydrogen-bond acceptors (Lipinski definition) is 2. The minimum absolute atomic E-state index is 0.0618. The number of nitrogen functional groups attached to an aromatic ring is 1. The molecule has 0 fully saturated rings. The summed E-state index contributed by atoms with van der Waals surface area (Å²) in [6.45, 7) is -0.519. The fourth-order valence-corrected chi connectivity index (χ4v) is 1.55. The summed E-state index contributed by atoms with van der Waals surface area (Å²) >= 11 is 2.91. The van der Waals surface area contributed by atoms with E-state index in [1.807, 2.05) is 0 Å². The smallest absolute Gasteiger partial charge is 0.398 e. The molecule has 0 atom stereocenters. The van der Waals surface area contributed by atoms with Gasteiger partial charge in [-0.1, -0.05) is 15.9 Å². The van der Waals surface area contributed by atoms with E-state index < -0.39 is 24.0 Å². The molecule has 0 aliphatic heterocycles. The second-order valence-electron chi connectivity index (χ2n) is 2.68. The summed E-state index contributed by atoms with van der Waals surface area (Å²) in [5, 5.41) is 8.76. The van der Waals surface area contributed by atoms with Crippen molar-refractivity contribution < 1.29 is 18.3 Å². The van der Waals surface area contributed by atoms with Crippen molar-refractivity contribution >= 4 is 21.6 Å². The maximum atomic E-state index is 12.4. The number of aliphatic hydroxyl groups is 1. The van der Waals surface area contributed by atoms with Gasteiger partial charge in [-0.25, -0.2) is 0 Å². The Morgan fingerprint density at radius 2 is 1.93 bits per heavy atom. The lowest BCUT2D eigenvalue weighted by Gasteiger charge is -2.13. The molecule has 0 heterocycles. The van der Waals surface area contributed by atoms with Crippen molar-refractivity contribution in [2.45, 2.75) is 12.8 Å². The highest BCUT2D eigenvalue weighted by molar-refractivity contribution is 9.10. The lowest BCUT2D eigenvalue weighted by molar-refractivity contribution is -0.137. The van der Waals surface area contributed by atoms with Crippen molar-refractivity contribution in [1.29, 1.82) is 0 Å². The summed E-state index contributed by atoms with van der Waals surface area (Å²) in [6.07, 6.45) is -4.50. The molecule has 1 aromatic rings. The molecule has 78 valence electrons. The Labute approximate surface area is 86.7 Å². The van der Waals surface area contributed by atoms with Gasteiger partial charge in [-0.3, -0.25) is 0 Å². The average molecular weight is 270 g/mol. The predicted octanol–water partition coefficient (Wildman–Crippen LogP) is 2.54. The van der Waals surface area contributed by atoms with Crippen LogP contribution < -0.4 is 5.73 Å². The van der Waals surface area contributed by atoms with Gasteiger partial charge in [0, 0.05) is 15.7 Å². The largest absolute Gasteiger partial charge is 0.418 e. The summed E-state index contributed by atoms with van der Waals surface area (Å²) in [6, 6.07) is 2.24. The first-order valence-electron chi connectivity index (χ1n) is 3.62. The van der Waals surface area contributed by atoms with E-state index in [4.69, 9.17) is 10.8 Å². The number of alkyl halides is 3. The Kier molecular flexibility index (Phi) is 3.06. The summed E-state index contributed by atoms with van der Waals surface area (Å²) in [5.74, 6) is 0. The zero-order valence-corrected chi connectivity index (χ0v) is 8.48. The molecule has 0 saturated heterocycles. The van der Waals surface area contributed by atoms with E-state index in [1.54, 1.807) is 0 Å². The molecule has 1 rings (SSSR count). The van der Waals surface area contributed by atoms with Crippen LogP contribution >= 0.6 is 15.9 Å². The van der Waals surface area contributed by atoms with E-state index in [2.05, 4.69) is 15.9 Å². The number of halogens is 4. The molecule has 0 spiro atoms. The summed E-state index contributed by atoms with van der Waals surface area (Å²) < 4.78 is 37.3. The maximum Gasteiger partial charge on any atom is 0.418 e. The lowest BCUT2D eigenvalue weighted by atomic mass is 10.1. The van der Waals surface area contributed by atoms with Gasteiger partial charge in [0.15, 0.2) is 0 Å². The number of benzene rings is 1. The monoisotopic (exact) mass is 269 g/mol. The molecule has 2 nitrogen and oxygen atoms in total. The van der Waals surface area contributed by atoms with Gasteiger partial charge in [0.05, 0.1) is 12.2 Å². The van der Waals surface area contributed by atoms with Gasteiger partial charge < -0.3 is 10.8 Å². The van der Waals surface area contributed by atoms with Gasteiger partial charge in [-0.05, 0) is 12.1 Å². The third kappa shape index (κ3) is 2.19. The first-order chi connectivity index (χ1) is 6.36. The van der Waals surface area contributed by atoms with Crippen LogP contribution in [0.3, 0.4) is 0 Å². The van der Waals surface area contributed by atoms with Crippen LogP contribution in [0.25, 0.3) is 0 Å². The lowest BCUT2D eigenvalue weighted by Crippen LogP contribution is -2.11. The molecular weight excluding hydrogens is 263 g/mol. The molecule has 0 amide bonds. The molecule has 0 aliphatic carbocycles. The van der Waals surface area contributed by atoms with Crippen LogP contribution in [-0.2, 0) is 12.8 Å². The predicted molar refractivity (Wildman–Crippen MR) is 49.5 cm³/mol. The van der Waals surface area contributed by atoms with Gasteiger partial charge in [-0.15, -0.1) is 0 Å². The molecular formula is C8H7BrF3NO. The van der Waals surface area contributed by atoms with E-state index in [0.29, 0.717) is 0 Å². The van der Waals surface area contributed by atoms with Crippen molar-refractivity contribution in [3.63, 3.8) is 0 Å². The Hall–Kier alpha value is -0.750. The van der Waals surface area contributed by atoms with Gasteiger partial charge in [0.2, 0.25) is 0 Å². The molecule has 6 heteroatoms. The third-order valence-corrected chi connectivity index (χ3v) is 2.16. The molecule has 3 N–H and O–H groups in total. The number of aliphatic hydroxyl groups excluding tert-OH is 1. The molecule has 14 heavy (non-hydrogen) atoms. The fraction of sp³-hybridized carbons (Fsp3) is 0.250. The second-order valence-corrected chi connectivity index (χ2v) is 3.60. The number of anilines is 1. The van der Waals surface area contributed by atoms with E-state index in [0.717, 1.165) is 6.07 Å². The fourth-order valence-electron chi connectivity index (χ4n) is 1.04. The van der Waals surface area contributed by atoms with Crippen LogP contribution in [0, 0.1) is 0 Å². The Morgan fingerprint density at radius 3 is 2.36 bits per heavy atom. The van der Waals surface area contributed by atoms with Crippen LogP contribution in [-0.4, -0.2) is 5.11 Å². The molecule has 0 aliphatic rings. The maximum absolute atomic E-state index is 12.4. The van der Waals surface area contributed by atoms with Crippen molar-refractivity contribution in [2.75, 3.05) is 5.73 Å². The molecule has 0 unspecified atom stereocenters. The quantitative estimate of drug-likeness (QED) is 0.770. The molecule has 0 radical (unpaired) electrons. The Morgan fingerprint density at radius 1 is 1.36 bits per heavy atom. The highest BCUT2D eigenvalue weighted by atomic mass is 79.9. The second kappa shape index (κ2) is 3.78. The van der Waals surface area contributed by atoms with E-state index >= 15 is 0 Å². The van der Waals surface area contributed by atoms with Crippen LogP contribution in [0.2, 0.25) is 0 Å². The Bertz CT molecular complexity index is 351. The van der Waals surface area contributed by atoms with Crippen LogP contribution in [0.5, 0.6) is 0 Å². The first kappa shape index (κ1) is 11.3. The van der Waals surface area contributed by atoms with Gasteiger partial charge in [0.1, 0.15) is 0 Å². The van der Waals surface area contributed by atoms with Crippen LogP contribution in [0.1, 0.15) is 11.1 Å². The number of rotatable bonds is 1. The van der Waals surface area contributed by atoms with Crippen molar-refractivity contribution in [3.8, 4) is 0 Å². The van der Waals surface area contributed by atoms with Crippen molar-refractivity contribution in [1.82, 2.24) is 0 Å². The normalized spacial score (nSPS) is 11.8. The minimum atomic E-state index is -4.50. The van der Waals surface area contributed by atoms with Gasteiger partial charge in [0.25, 0.3) is 0 Å². The molecule has 1 aromatic carbocycles. The van der Waals surface area contributed by atoms with E-state index in [-0.39, 0.29) is 10.0 Å².